The number of nitrogens with zero attached hydrogens (tertiary/aromatic N) is 1. The van der Waals surface area contributed by atoms with Gasteiger partial charge in [-0.3, -0.25) is 0 Å². The highest BCUT2D eigenvalue weighted by Crippen LogP contribution is 2.14. The highest BCUT2D eigenvalue weighted by atomic mass is 16.5. The van der Waals surface area contributed by atoms with E-state index in [9.17, 15) is 4.79 Å². The third kappa shape index (κ3) is 3.02. The SMILES string of the molecule is CCCn1cc(N)cc1C(=O)OC(C)CC. The van der Waals surface area contributed by atoms with Crippen molar-refractivity contribution in [3.63, 3.8) is 0 Å². The first kappa shape index (κ1) is 12.6. The van der Waals surface area contributed by atoms with Crippen molar-refractivity contribution >= 4 is 11.7 Å². The number of nitrogen functional groups attached to an aromatic ring is 1. The molecule has 0 fully saturated rings. The summed E-state index contributed by atoms with van der Waals surface area (Å²) in [6.45, 7) is 6.70. The van der Waals surface area contributed by atoms with Crippen LogP contribution in [0.15, 0.2) is 12.3 Å². The summed E-state index contributed by atoms with van der Waals surface area (Å²) in [5.74, 6) is -0.292. The Labute approximate surface area is 96.4 Å². The summed E-state index contributed by atoms with van der Waals surface area (Å²) in [4.78, 5) is 11.8. The largest absolute Gasteiger partial charge is 0.458 e. The average molecular weight is 224 g/mol. The molecule has 0 aromatic carbocycles. The van der Waals surface area contributed by atoms with Crippen LogP contribution in [0.2, 0.25) is 0 Å². The summed E-state index contributed by atoms with van der Waals surface area (Å²) < 4.78 is 7.12. The first-order valence-electron chi connectivity index (χ1n) is 5.75. The second-order valence-corrected chi connectivity index (χ2v) is 3.98. The molecule has 1 rings (SSSR count). The lowest BCUT2D eigenvalue weighted by Crippen LogP contribution is -2.17. The van der Waals surface area contributed by atoms with E-state index in [0.29, 0.717) is 11.4 Å². The van der Waals surface area contributed by atoms with Crippen LogP contribution in [0.1, 0.15) is 44.1 Å². The third-order valence-electron chi connectivity index (χ3n) is 2.47. The van der Waals surface area contributed by atoms with Gasteiger partial charge >= 0.3 is 5.97 Å². The van der Waals surface area contributed by atoms with Gasteiger partial charge in [-0.15, -0.1) is 0 Å². The molecule has 4 heteroatoms. The summed E-state index contributed by atoms with van der Waals surface area (Å²) in [5, 5.41) is 0. The van der Waals surface area contributed by atoms with Crippen molar-refractivity contribution in [2.24, 2.45) is 0 Å². The van der Waals surface area contributed by atoms with Crippen molar-refractivity contribution in [1.29, 1.82) is 0 Å². The van der Waals surface area contributed by atoms with Crippen molar-refractivity contribution in [2.75, 3.05) is 5.73 Å². The normalized spacial score (nSPS) is 12.4. The lowest BCUT2D eigenvalue weighted by molar-refractivity contribution is 0.0322. The summed E-state index contributed by atoms with van der Waals surface area (Å²) in [6, 6.07) is 1.67. The van der Waals surface area contributed by atoms with Crippen molar-refractivity contribution in [3.05, 3.63) is 18.0 Å². The molecule has 0 aliphatic rings. The number of hydrogen-bond donors (Lipinski definition) is 1. The number of carbonyl (C=O) groups is 1. The third-order valence-corrected chi connectivity index (χ3v) is 2.47. The van der Waals surface area contributed by atoms with Gasteiger partial charge in [-0.1, -0.05) is 13.8 Å². The number of aryl methyl sites for hydroxylation is 1. The maximum absolute atomic E-state index is 11.8. The van der Waals surface area contributed by atoms with E-state index in [1.807, 2.05) is 18.4 Å². The topological polar surface area (TPSA) is 57.2 Å². The zero-order chi connectivity index (χ0) is 12.1. The number of aromatic nitrogens is 1. The van der Waals surface area contributed by atoms with E-state index in [-0.39, 0.29) is 12.1 Å². The number of nitrogens with two attached hydrogens (primary N) is 1. The Morgan fingerprint density at radius 2 is 2.25 bits per heavy atom. The molecule has 0 amide bonds. The van der Waals surface area contributed by atoms with Crippen LogP contribution in [0.4, 0.5) is 5.69 Å². The molecule has 0 aliphatic heterocycles. The quantitative estimate of drug-likeness (QED) is 0.781. The van der Waals surface area contributed by atoms with Crippen molar-refractivity contribution in [3.8, 4) is 0 Å². The van der Waals surface area contributed by atoms with E-state index in [2.05, 4.69) is 6.92 Å². The molecule has 0 aliphatic carbocycles. The van der Waals surface area contributed by atoms with Gasteiger partial charge in [-0.2, -0.15) is 0 Å². The zero-order valence-electron chi connectivity index (χ0n) is 10.2. The fourth-order valence-electron chi connectivity index (χ4n) is 1.46. The van der Waals surface area contributed by atoms with E-state index >= 15 is 0 Å². The highest BCUT2D eigenvalue weighted by molar-refractivity contribution is 5.89. The molecule has 0 saturated heterocycles. The van der Waals surface area contributed by atoms with Gasteiger partial charge in [0.1, 0.15) is 5.69 Å². The van der Waals surface area contributed by atoms with Gasteiger partial charge in [0, 0.05) is 12.7 Å². The molecule has 1 atom stereocenters. The minimum absolute atomic E-state index is 0.0568. The molecule has 1 unspecified atom stereocenters. The molecule has 4 nitrogen and oxygen atoms in total. The number of carbonyl (C=O) groups excluding carboxylic acids is 1. The standard InChI is InChI=1S/C12H20N2O2/c1-4-6-14-8-10(13)7-11(14)12(15)16-9(3)5-2/h7-9H,4-6,13H2,1-3H3. The van der Waals surface area contributed by atoms with Crippen LogP contribution < -0.4 is 5.73 Å². The molecular formula is C12H20N2O2. The predicted molar refractivity (Wildman–Crippen MR) is 64.3 cm³/mol. The second kappa shape index (κ2) is 5.58. The molecule has 0 spiro atoms. The molecule has 0 bridgehead atoms. The number of ether oxygens (including phenoxy) is 1. The zero-order valence-corrected chi connectivity index (χ0v) is 10.2. The molecule has 1 aromatic heterocycles. The monoisotopic (exact) mass is 224 g/mol. The van der Waals surface area contributed by atoms with Crippen LogP contribution in [0.25, 0.3) is 0 Å². The Bertz CT molecular complexity index is 358. The summed E-state index contributed by atoms with van der Waals surface area (Å²) in [6.07, 6.45) is 3.49. The molecular weight excluding hydrogens is 204 g/mol. The van der Waals surface area contributed by atoms with Crippen LogP contribution >= 0.6 is 0 Å². The number of esters is 1. The first-order valence-corrected chi connectivity index (χ1v) is 5.75. The maximum atomic E-state index is 11.8. The van der Waals surface area contributed by atoms with Crippen LogP contribution in [0, 0.1) is 0 Å². The van der Waals surface area contributed by atoms with E-state index in [0.717, 1.165) is 19.4 Å². The van der Waals surface area contributed by atoms with Gasteiger partial charge in [0.2, 0.25) is 0 Å². The van der Waals surface area contributed by atoms with Gasteiger partial charge in [0.25, 0.3) is 0 Å². The Hall–Kier alpha value is -1.45. The van der Waals surface area contributed by atoms with Crippen LogP contribution in [0.5, 0.6) is 0 Å². The Kier molecular flexibility index (Phi) is 4.40. The van der Waals surface area contributed by atoms with Gasteiger partial charge in [-0.25, -0.2) is 4.79 Å². The Morgan fingerprint density at radius 1 is 1.56 bits per heavy atom. The molecule has 90 valence electrons. The molecule has 0 saturated carbocycles. The van der Waals surface area contributed by atoms with E-state index in [4.69, 9.17) is 10.5 Å². The lowest BCUT2D eigenvalue weighted by atomic mass is 10.3. The van der Waals surface area contributed by atoms with Crippen LogP contribution in [-0.4, -0.2) is 16.6 Å². The fraction of sp³-hybridized carbons (Fsp3) is 0.583. The molecule has 2 N–H and O–H groups in total. The van der Waals surface area contributed by atoms with Gasteiger partial charge in [-0.05, 0) is 25.8 Å². The van der Waals surface area contributed by atoms with Gasteiger partial charge < -0.3 is 15.0 Å². The average Bonchev–Trinajstić information content (AvgIpc) is 2.60. The van der Waals surface area contributed by atoms with E-state index in [1.165, 1.54) is 0 Å². The second-order valence-electron chi connectivity index (χ2n) is 3.98. The molecule has 16 heavy (non-hydrogen) atoms. The smallest absolute Gasteiger partial charge is 0.355 e. The maximum Gasteiger partial charge on any atom is 0.355 e. The summed E-state index contributed by atoms with van der Waals surface area (Å²) in [7, 11) is 0. The van der Waals surface area contributed by atoms with Crippen molar-refractivity contribution in [1.82, 2.24) is 4.57 Å². The van der Waals surface area contributed by atoms with E-state index < -0.39 is 0 Å². The summed E-state index contributed by atoms with van der Waals surface area (Å²) in [5.41, 5.74) is 6.82. The molecule has 1 heterocycles. The van der Waals surface area contributed by atoms with Crippen LogP contribution in [0.3, 0.4) is 0 Å². The lowest BCUT2D eigenvalue weighted by Gasteiger charge is -2.12. The van der Waals surface area contributed by atoms with Crippen LogP contribution in [-0.2, 0) is 11.3 Å². The predicted octanol–water partition coefficient (Wildman–Crippen LogP) is 2.44. The van der Waals surface area contributed by atoms with Crippen molar-refractivity contribution < 1.29 is 9.53 Å². The molecule has 1 aromatic rings. The fourth-order valence-corrected chi connectivity index (χ4v) is 1.46. The molecule has 0 radical (unpaired) electrons. The number of rotatable bonds is 5. The minimum Gasteiger partial charge on any atom is -0.458 e. The Morgan fingerprint density at radius 3 is 2.81 bits per heavy atom. The number of hydrogen-bond acceptors (Lipinski definition) is 3. The summed E-state index contributed by atoms with van der Waals surface area (Å²) >= 11 is 0. The Balaban J connectivity index is 2.81. The first-order chi connectivity index (χ1) is 7.58. The minimum atomic E-state index is -0.292. The van der Waals surface area contributed by atoms with Crippen molar-refractivity contribution in [2.45, 2.75) is 46.3 Å². The highest BCUT2D eigenvalue weighted by Gasteiger charge is 2.15. The van der Waals surface area contributed by atoms with E-state index in [1.54, 1.807) is 12.3 Å². The number of anilines is 1. The van der Waals surface area contributed by atoms with Gasteiger partial charge in [0.05, 0.1) is 11.8 Å². The van der Waals surface area contributed by atoms with Gasteiger partial charge in [0.15, 0.2) is 0 Å².